The quantitative estimate of drug-likeness (QED) is 0.122. The summed E-state index contributed by atoms with van der Waals surface area (Å²) in [4.78, 5) is 6.68. The molecule has 0 saturated carbocycles. The molecule has 0 radical (unpaired) electrons. The summed E-state index contributed by atoms with van der Waals surface area (Å²) in [5.74, 6) is -7.15. The number of halogens is 4. The Balaban J connectivity index is 2.98. The van der Waals surface area contributed by atoms with Gasteiger partial charge in [0.1, 0.15) is 12.3 Å². The van der Waals surface area contributed by atoms with Gasteiger partial charge in [0.15, 0.2) is 23.3 Å². The Morgan fingerprint density at radius 1 is 1.10 bits per heavy atom. The van der Waals surface area contributed by atoms with Crippen LogP contribution in [0.5, 0.6) is 0 Å². The van der Waals surface area contributed by atoms with Crippen LogP contribution in [-0.2, 0) is 4.84 Å². The minimum atomic E-state index is -1.83. The maximum absolute atomic E-state index is 13.5. The van der Waals surface area contributed by atoms with Crippen LogP contribution in [0.1, 0.15) is 18.4 Å². The third kappa shape index (κ3) is 4.07. The van der Waals surface area contributed by atoms with Crippen molar-refractivity contribution in [2.75, 3.05) is 13.2 Å². The third-order valence-electron chi connectivity index (χ3n) is 2.32. The minimum absolute atomic E-state index is 0.0480. The molecular weight excluding hydrogens is 296 g/mol. The summed E-state index contributed by atoms with van der Waals surface area (Å²) in [6, 6.07) is 0. The van der Waals surface area contributed by atoms with Gasteiger partial charge in [0.2, 0.25) is 0 Å². The molecule has 0 atom stereocenters. The first kappa shape index (κ1) is 16.7. The van der Waals surface area contributed by atoms with Crippen LogP contribution in [-0.4, -0.2) is 24.5 Å². The molecule has 114 valence electrons. The van der Waals surface area contributed by atoms with Crippen molar-refractivity contribution in [2.24, 2.45) is 10.3 Å². The standard InChI is InChI=1S/C11H10F4N4O2/c12-7-6(5-17-21-4-2-1-3-20)8(13)10(15)11(9(7)14)18-19-16/h5,20H,1-4H2. The topological polar surface area (TPSA) is 90.6 Å². The van der Waals surface area contributed by atoms with Crippen LogP contribution in [0.3, 0.4) is 0 Å². The Bertz CT molecular complexity index is 559. The fraction of sp³-hybridized carbons (Fsp3) is 0.364. The van der Waals surface area contributed by atoms with E-state index in [2.05, 4.69) is 20.0 Å². The lowest BCUT2D eigenvalue weighted by atomic mass is 10.1. The highest BCUT2D eigenvalue weighted by Gasteiger charge is 2.23. The van der Waals surface area contributed by atoms with E-state index in [1.807, 2.05) is 0 Å². The number of hydrogen-bond donors (Lipinski definition) is 1. The van der Waals surface area contributed by atoms with Gasteiger partial charge in [-0.1, -0.05) is 10.3 Å². The SMILES string of the molecule is [N-]=[N+]=Nc1c(F)c(F)c(C=NOCCCCO)c(F)c1F. The fourth-order valence-corrected chi connectivity index (χ4v) is 1.30. The van der Waals surface area contributed by atoms with Crippen molar-refractivity contribution in [3.8, 4) is 0 Å². The summed E-state index contributed by atoms with van der Waals surface area (Å²) < 4.78 is 53.8. The van der Waals surface area contributed by atoms with Crippen molar-refractivity contribution < 1.29 is 27.5 Å². The van der Waals surface area contributed by atoms with Gasteiger partial charge >= 0.3 is 0 Å². The molecule has 0 fully saturated rings. The molecule has 0 unspecified atom stereocenters. The second-order valence-corrected chi connectivity index (χ2v) is 3.71. The average molecular weight is 306 g/mol. The molecule has 0 aromatic heterocycles. The van der Waals surface area contributed by atoms with Crippen LogP contribution in [0.15, 0.2) is 10.3 Å². The summed E-state index contributed by atoms with van der Waals surface area (Å²) in [6.07, 6.45) is 1.36. The number of aliphatic hydroxyl groups is 1. The highest BCUT2D eigenvalue weighted by atomic mass is 19.2. The molecule has 1 aromatic rings. The molecule has 21 heavy (non-hydrogen) atoms. The largest absolute Gasteiger partial charge is 0.396 e. The Morgan fingerprint density at radius 3 is 2.24 bits per heavy atom. The molecule has 0 amide bonds. The van der Waals surface area contributed by atoms with E-state index in [0.29, 0.717) is 19.1 Å². The van der Waals surface area contributed by atoms with Crippen LogP contribution >= 0.6 is 0 Å². The summed E-state index contributed by atoms with van der Waals surface area (Å²) in [5, 5.41) is 14.2. The summed E-state index contributed by atoms with van der Waals surface area (Å²) in [7, 11) is 0. The lowest BCUT2D eigenvalue weighted by Crippen LogP contribution is -2.03. The van der Waals surface area contributed by atoms with Crippen LogP contribution in [0.2, 0.25) is 0 Å². The number of azide groups is 1. The molecule has 0 bridgehead atoms. The van der Waals surface area contributed by atoms with Crippen molar-refractivity contribution >= 4 is 11.9 Å². The average Bonchev–Trinajstić information content (AvgIpc) is 2.48. The van der Waals surface area contributed by atoms with Gasteiger partial charge in [0.25, 0.3) is 0 Å². The summed E-state index contributed by atoms with van der Waals surface area (Å²) in [6.45, 7) is 0.00962. The van der Waals surface area contributed by atoms with Crippen molar-refractivity contribution in [1.29, 1.82) is 0 Å². The molecule has 0 saturated heterocycles. The van der Waals surface area contributed by atoms with Gasteiger partial charge in [0, 0.05) is 11.5 Å². The van der Waals surface area contributed by atoms with Crippen LogP contribution < -0.4 is 0 Å². The lowest BCUT2D eigenvalue weighted by Gasteiger charge is -2.05. The number of rotatable bonds is 7. The Morgan fingerprint density at radius 2 is 1.71 bits per heavy atom. The van der Waals surface area contributed by atoms with Crippen molar-refractivity contribution in [1.82, 2.24) is 0 Å². The second-order valence-electron chi connectivity index (χ2n) is 3.71. The highest BCUT2D eigenvalue weighted by molar-refractivity contribution is 5.81. The molecule has 6 nitrogen and oxygen atoms in total. The van der Waals surface area contributed by atoms with Crippen molar-refractivity contribution in [3.05, 3.63) is 39.3 Å². The molecule has 0 aliphatic heterocycles. The number of nitrogens with zero attached hydrogens (tertiary/aromatic N) is 4. The van der Waals surface area contributed by atoms with E-state index in [1.54, 1.807) is 0 Å². The van der Waals surface area contributed by atoms with Crippen molar-refractivity contribution in [2.45, 2.75) is 12.8 Å². The predicted molar refractivity (Wildman–Crippen MR) is 64.9 cm³/mol. The van der Waals surface area contributed by atoms with Gasteiger partial charge in [-0.2, -0.15) is 0 Å². The molecule has 10 heteroatoms. The van der Waals surface area contributed by atoms with E-state index < -0.39 is 34.5 Å². The molecule has 1 aromatic carbocycles. The van der Waals surface area contributed by atoms with E-state index in [4.69, 9.17) is 10.6 Å². The Hall–Kier alpha value is -2.32. The van der Waals surface area contributed by atoms with Gasteiger partial charge in [0.05, 0.1) is 11.8 Å². The van der Waals surface area contributed by atoms with E-state index in [1.165, 1.54) is 0 Å². The number of hydrogen-bond acceptors (Lipinski definition) is 4. The number of aliphatic hydroxyl groups excluding tert-OH is 1. The smallest absolute Gasteiger partial charge is 0.172 e. The first-order valence-corrected chi connectivity index (χ1v) is 5.71. The van der Waals surface area contributed by atoms with E-state index in [-0.39, 0.29) is 13.2 Å². The van der Waals surface area contributed by atoms with E-state index >= 15 is 0 Å². The predicted octanol–water partition coefficient (Wildman–Crippen LogP) is 3.31. The van der Waals surface area contributed by atoms with Gasteiger partial charge in [-0.25, -0.2) is 17.6 Å². The monoisotopic (exact) mass is 306 g/mol. The number of benzene rings is 1. The molecule has 0 spiro atoms. The zero-order valence-electron chi connectivity index (χ0n) is 10.6. The van der Waals surface area contributed by atoms with Gasteiger partial charge in [-0.3, -0.25) is 0 Å². The highest BCUT2D eigenvalue weighted by Crippen LogP contribution is 2.29. The minimum Gasteiger partial charge on any atom is -0.396 e. The third-order valence-corrected chi connectivity index (χ3v) is 2.32. The van der Waals surface area contributed by atoms with Crippen molar-refractivity contribution in [3.63, 3.8) is 0 Å². The molecule has 0 aliphatic rings. The summed E-state index contributed by atoms with van der Waals surface area (Å²) >= 11 is 0. The van der Waals surface area contributed by atoms with E-state index in [0.717, 1.165) is 0 Å². The molecule has 0 heterocycles. The van der Waals surface area contributed by atoms with E-state index in [9.17, 15) is 17.6 Å². The van der Waals surface area contributed by atoms with Crippen LogP contribution in [0, 0.1) is 23.3 Å². The Kier molecular flexibility index (Phi) is 6.44. The fourth-order valence-electron chi connectivity index (χ4n) is 1.30. The molecule has 1 rings (SSSR count). The van der Waals surface area contributed by atoms with Gasteiger partial charge in [-0.15, -0.1) is 0 Å². The van der Waals surface area contributed by atoms with Crippen LogP contribution in [0.25, 0.3) is 10.4 Å². The normalized spacial score (nSPS) is 10.7. The first-order chi connectivity index (χ1) is 10.0. The molecular formula is C11H10F4N4O2. The van der Waals surface area contributed by atoms with Crippen LogP contribution in [0.4, 0.5) is 23.2 Å². The molecule has 0 aliphatic carbocycles. The van der Waals surface area contributed by atoms with Gasteiger partial charge in [-0.05, 0) is 18.4 Å². The first-order valence-electron chi connectivity index (χ1n) is 5.71. The Labute approximate surface area is 116 Å². The van der Waals surface area contributed by atoms with Gasteiger partial charge < -0.3 is 9.94 Å². The number of oxime groups is 1. The lowest BCUT2D eigenvalue weighted by molar-refractivity contribution is 0.135. The second kappa shape index (κ2) is 8.08. The zero-order chi connectivity index (χ0) is 15.8. The zero-order valence-corrected chi connectivity index (χ0v) is 10.6. The summed E-state index contributed by atoms with van der Waals surface area (Å²) in [5.41, 5.74) is 5.59. The maximum atomic E-state index is 13.5. The maximum Gasteiger partial charge on any atom is 0.172 e. The number of unbranched alkanes of at least 4 members (excludes halogenated alkanes) is 1. The molecule has 1 N–H and O–H groups in total.